The van der Waals surface area contributed by atoms with Crippen molar-refractivity contribution in [2.45, 2.75) is 13.5 Å². The third kappa shape index (κ3) is 4.66. The van der Waals surface area contributed by atoms with Crippen molar-refractivity contribution in [3.8, 4) is 6.07 Å². The van der Waals surface area contributed by atoms with Crippen LogP contribution in [0.4, 0.5) is 0 Å². The summed E-state index contributed by atoms with van der Waals surface area (Å²) >= 11 is 0. The van der Waals surface area contributed by atoms with E-state index in [1.807, 2.05) is 43.3 Å². The highest BCUT2D eigenvalue weighted by atomic mass is 16.2. The normalized spacial score (nSPS) is 9.65. The number of rotatable bonds is 6. The van der Waals surface area contributed by atoms with Crippen molar-refractivity contribution in [1.82, 2.24) is 10.2 Å². The first-order valence-corrected chi connectivity index (χ1v) is 5.67. The monoisotopic (exact) mass is 231 g/mol. The number of likely N-dealkylation sites (N-methyl/N-ethyl adjacent to an activating group) is 1. The van der Waals surface area contributed by atoms with Gasteiger partial charge in [-0.25, -0.2) is 0 Å². The van der Waals surface area contributed by atoms with Gasteiger partial charge in [-0.2, -0.15) is 5.26 Å². The molecule has 0 aliphatic carbocycles. The van der Waals surface area contributed by atoms with Gasteiger partial charge in [0, 0.05) is 6.54 Å². The summed E-state index contributed by atoms with van der Waals surface area (Å²) in [7, 11) is 0. The summed E-state index contributed by atoms with van der Waals surface area (Å²) in [6.45, 7) is 3.58. The maximum absolute atomic E-state index is 11.8. The van der Waals surface area contributed by atoms with Crippen LogP contribution in [0.15, 0.2) is 30.3 Å². The van der Waals surface area contributed by atoms with Crippen molar-refractivity contribution in [3.63, 3.8) is 0 Å². The number of nitrogens with zero attached hydrogens (tertiary/aromatic N) is 2. The van der Waals surface area contributed by atoms with E-state index >= 15 is 0 Å². The maximum Gasteiger partial charge on any atom is 0.237 e. The molecule has 0 aromatic heterocycles. The molecule has 0 fully saturated rings. The number of benzene rings is 1. The summed E-state index contributed by atoms with van der Waals surface area (Å²) in [5.74, 6) is -0.0442. The highest BCUT2D eigenvalue weighted by molar-refractivity contribution is 5.78. The zero-order valence-corrected chi connectivity index (χ0v) is 10.0. The molecular formula is C13H17N3O. The van der Waals surface area contributed by atoms with Crippen LogP contribution in [0, 0.1) is 11.3 Å². The summed E-state index contributed by atoms with van der Waals surface area (Å²) in [6, 6.07) is 11.7. The van der Waals surface area contributed by atoms with Crippen LogP contribution in [0.2, 0.25) is 0 Å². The Balaban J connectivity index is 2.60. The van der Waals surface area contributed by atoms with Crippen molar-refractivity contribution in [1.29, 1.82) is 5.26 Å². The number of hydrogen-bond acceptors (Lipinski definition) is 3. The number of carbonyl (C=O) groups is 1. The predicted octanol–water partition coefficient (Wildman–Crippen LogP) is 1.15. The lowest BCUT2D eigenvalue weighted by Crippen LogP contribution is -2.38. The topological polar surface area (TPSA) is 56.1 Å². The zero-order valence-electron chi connectivity index (χ0n) is 10.0. The van der Waals surface area contributed by atoms with Gasteiger partial charge in [-0.3, -0.25) is 4.79 Å². The quantitative estimate of drug-likeness (QED) is 0.747. The fraction of sp³-hybridized carbons (Fsp3) is 0.385. The molecule has 0 atom stereocenters. The number of nitriles is 1. The van der Waals surface area contributed by atoms with Crippen molar-refractivity contribution >= 4 is 5.91 Å². The highest BCUT2D eigenvalue weighted by Crippen LogP contribution is 2.04. The van der Waals surface area contributed by atoms with E-state index in [1.54, 1.807) is 4.90 Å². The van der Waals surface area contributed by atoms with Crippen LogP contribution in [0.5, 0.6) is 0 Å². The van der Waals surface area contributed by atoms with E-state index < -0.39 is 0 Å². The second-order valence-electron chi connectivity index (χ2n) is 3.67. The van der Waals surface area contributed by atoms with E-state index in [0.717, 1.165) is 12.1 Å². The van der Waals surface area contributed by atoms with E-state index in [-0.39, 0.29) is 19.0 Å². The van der Waals surface area contributed by atoms with Gasteiger partial charge in [-0.05, 0) is 12.1 Å². The van der Waals surface area contributed by atoms with Gasteiger partial charge in [-0.1, -0.05) is 37.3 Å². The summed E-state index contributed by atoms with van der Waals surface area (Å²) in [5, 5.41) is 11.7. The van der Waals surface area contributed by atoms with Gasteiger partial charge >= 0.3 is 0 Å². The van der Waals surface area contributed by atoms with Crippen LogP contribution < -0.4 is 5.32 Å². The van der Waals surface area contributed by atoms with Crippen molar-refractivity contribution in [3.05, 3.63) is 35.9 Å². The van der Waals surface area contributed by atoms with Crippen LogP contribution in [0.1, 0.15) is 12.5 Å². The number of amides is 1. The van der Waals surface area contributed by atoms with E-state index in [0.29, 0.717) is 6.54 Å². The Bertz CT molecular complexity index is 383. The molecule has 0 aliphatic rings. The van der Waals surface area contributed by atoms with Crippen molar-refractivity contribution in [2.75, 3.05) is 19.6 Å². The summed E-state index contributed by atoms with van der Waals surface area (Å²) < 4.78 is 0. The summed E-state index contributed by atoms with van der Waals surface area (Å²) in [6.07, 6.45) is 0. The molecule has 1 rings (SSSR count). The van der Waals surface area contributed by atoms with E-state index in [9.17, 15) is 4.79 Å². The molecule has 4 heteroatoms. The van der Waals surface area contributed by atoms with E-state index in [4.69, 9.17) is 5.26 Å². The fourth-order valence-corrected chi connectivity index (χ4v) is 1.47. The average molecular weight is 231 g/mol. The van der Waals surface area contributed by atoms with Crippen LogP contribution >= 0.6 is 0 Å². The first kappa shape index (κ1) is 13.2. The summed E-state index contributed by atoms with van der Waals surface area (Å²) in [4.78, 5) is 13.4. The van der Waals surface area contributed by atoms with Gasteiger partial charge in [0.2, 0.25) is 5.91 Å². The minimum absolute atomic E-state index is 0.0442. The molecule has 1 N–H and O–H groups in total. The van der Waals surface area contributed by atoms with Crippen LogP contribution in [0.25, 0.3) is 0 Å². The number of nitrogens with one attached hydrogen (secondary N) is 1. The SMILES string of the molecule is CCNCC(=O)N(CC#N)Cc1ccccc1. The van der Waals surface area contributed by atoms with Crippen LogP contribution in [-0.4, -0.2) is 30.4 Å². The molecule has 0 saturated carbocycles. The smallest absolute Gasteiger partial charge is 0.237 e. The van der Waals surface area contributed by atoms with E-state index in [2.05, 4.69) is 5.32 Å². The average Bonchev–Trinajstić information content (AvgIpc) is 2.36. The molecule has 0 radical (unpaired) electrons. The zero-order chi connectivity index (χ0) is 12.5. The minimum Gasteiger partial charge on any atom is -0.324 e. The Morgan fingerprint density at radius 1 is 1.41 bits per heavy atom. The third-order valence-electron chi connectivity index (χ3n) is 2.36. The molecule has 0 spiro atoms. The molecular weight excluding hydrogens is 214 g/mol. The van der Waals surface area contributed by atoms with Crippen molar-refractivity contribution in [2.24, 2.45) is 0 Å². The Hall–Kier alpha value is -1.86. The van der Waals surface area contributed by atoms with Crippen LogP contribution in [0.3, 0.4) is 0 Å². The molecule has 17 heavy (non-hydrogen) atoms. The molecule has 0 unspecified atom stereocenters. The second-order valence-corrected chi connectivity index (χ2v) is 3.67. The van der Waals surface area contributed by atoms with Gasteiger partial charge in [-0.15, -0.1) is 0 Å². The Morgan fingerprint density at radius 2 is 2.12 bits per heavy atom. The standard InChI is InChI=1S/C13H17N3O/c1-2-15-10-13(17)16(9-8-14)11-12-6-4-3-5-7-12/h3-7,15H,2,9-11H2,1H3. The lowest BCUT2D eigenvalue weighted by molar-refractivity contribution is -0.130. The molecule has 0 aliphatic heterocycles. The Morgan fingerprint density at radius 3 is 2.71 bits per heavy atom. The Kier molecular flexibility index (Phi) is 5.76. The number of hydrogen-bond donors (Lipinski definition) is 1. The van der Waals surface area contributed by atoms with Gasteiger partial charge in [0.15, 0.2) is 0 Å². The van der Waals surface area contributed by atoms with Gasteiger partial charge < -0.3 is 10.2 Å². The van der Waals surface area contributed by atoms with Crippen molar-refractivity contribution < 1.29 is 4.79 Å². The lowest BCUT2D eigenvalue weighted by atomic mass is 10.2. The Labute approximate surface area is 102 Å². The second kappa shape index (κ2) is 7.42. The van der Waals surface area contributed by atoms with E-state index in [1.165, 1.54) is 0 Å². The van der Waals surface area contributed by atoms with Gasteiger partial charge in [0.05, 0.1) is 12.6 Å². The molecule has 1 amide bonds. The van der Waals surface area contributed by atoms with Crippen LogP contribution in [-0.2, 0) is 11.3 Å². The third-order valence-corrected chi connectivity index (χ3v) is 2.36. The summed E-state index contributed by atoms with van der Waals surface area (Å²) in [5.41, 5.74) is 1.03. The first-order chi connectivity index (χ1) is 8.27. The minimum atomic E-state index is -0.0442. The van der Waals surface area contributed by atoms with Gasteiger partial charge in [0.25, 0.3) is 0 Å². The molecule has 0 bridgehead atoms. The van der Waals surface area contributed by atoms with Gasteiger partial charge in [0.1, 0.15) is 6.54 Å². The molecule has 4 nitrogen and oxygen atoms in total. The highest BCUT2D eigenvalue weighted by Gasteiger charge is 2.12. The molecule has 0 heterocycles. The first-order valence-electron chi connectivity index (χ1n) is 5.67. The maximum atomic E-state index is 11.8. The largest absolute Gasteiger partial charge is 0.324 e. The molecule has 90 valence electrons. The predicted molar refractivity (Wildman–Crippen MR) is 66.0 cm³/mol. The molecule has 0 saturated heterocycles. The lowest BCUT2D eigenvalue weighted by Gasteiger charge is -2.19. The fourth-order valence-electron chi connectivity index (χ4n) is 1.47. The molecule has 1 aromatic carbocycles. The number of carbonyl (C=O) groups excluding carboxylic acids is 1. The molecule has 1 aromatic rings.